The number of amides is 1. The van der Waals surface area contributed by atoms with Gasteiger partial charge in [0.2, 0.25) is 5.91 Å². The summed E-state index contributed by atoms with van der Waals surface area (Å²) in [6.07, 6.45) is 4.68. The van der Waals surface area contributed by atoms with Crippen molar-refractivity contribution in [3.8, 4) is 0 Å². The molecule has 1 amide bonds. The standard InChI is InChI=1S/C10H18N2O/c1-11-7-9-5-6-12(9)10(13)8-3-2-4-8/h8-9,11H,2-7H2,1H3. The SMILES string of the molecule is CNCC1CCN1C(=O)C1CCC1. The molecule has 2 fully saturated rings. The molecule has 1 N–H and O–H groups in total. The van der Waals surface area contributed by atoms with Crippen molar-refractivity contribution in [1.29, 1.82) is 0 Å². The zero-order valence-corrected chi connectivity index (χ0v) is 8.25. The second-order valence-electron chi connectivity index (χ2n) is 4.16. The van der Waals surface area contributed by atoms with Gasteiger partial charge < -0.3 is 10.2 Å². The predicted octanol–water partition coefficient (Wildman–Crippen LogP) is 0.607. The van der Waals surface area contributed by atoms with E-state index < -0.39 is 0 Å². The van der Waals surface area contributed by atoms with Gasteiger partial charge in [0.05, 0.1) is 0 Å². The normalized spacial score (nSPS) is 28.1. The van der Waals surface area contributed by atoms with Gasteiger partial charge >= 0.3 is 0 Å². The minimum Gasteiger partial charge on any atom is -0.338 e. The third-order valence-electron chi connectivity index (χ3n) is 3.32. The number of likely N-dealkylation sites (N-methyl/N-ethyl adjacent to an activating group) is 1. The van der Waals surface area contributed by atoms with E-state index in [0.717, 1.165) is 25.9 Å². The number of nitrogens with zero attached hydrogens (tertiary/aromatic N) is 1. The Labute approximate surface area is 79.5 Å². The van der Waals surface area contributed by atoms with E-state index in [0.29, 0.717) is 17.9 Å². The molecule has 1 unspecified atom stereocenters. The highest BCUT2D eigenvalue weighted by atomic mass is 16.2. The Bertz CT molecular complexity index is 201. The van der Waals surface area contributed by atoms with Gasteiger partial charge in [0, 0.05) is 25.0 Å². The highest BCUT2D eigenvalue weighted by Gasteiger charge is 2.37. The first-order valence-electron chi connectivity index (χ1n) is 5.28. The van der Waals surface area contributed by atoms with E-state index in [1.165, 1.54) is 12.8 Å². The van der Waals surface area contributed by atoms with Gasteiger partial charge in [-0.15, -0.1) is 0 Å². The molecular formula is C10H18N2O. The Morgan fingerprint density at radius 2 is 2.23 bits per heavy atom. The van der Waals surface area contributed by atoms with Crippen molar-refractivity contribution >= 4 is 5.91 Å². The van der Waals surface area contributed by atoms with Gasteiger partial charge in [-0.25, -0.2) is 0 Å². The van der Waals surface area contributed by atoms with E-state index in [-0.39, 0.29) is 0 Å². The van der Waals surface area contributed by atoms with Crippen LogP contribution >= 0.6 is 0 Å². The summed E-state index contributed by atoms with van der Waals surface area (Å²) in [7, 11) is 1.95. The molecule has 1 saturated heterocycles. The molecule has 1 aliphatic carbocycles. The van der Waals surface area contributed by atoms with E-state index in [2.05, 4.69) is 10.2 Å². The van der Waals surface area contributed by atoms with Crippen LogP contribution in [0, 0.1) is 5.92 Å². The number of likely N-dealkylation sites (tertiary alicyclic amines) is 1. The lowest BCUT2D eigenvalue weighted by Crippen LogP contribution is -2.57. The molecule has 1 aliphatic heterocycles. The van der Waals surface area contributed by atoms with E-state index in [9.17, 15) is 4.79 Å². The topological polar surface area (TPSA) is 32.3 Å². The minimum atomic E-state index is 0.375. The molecule has 0 spiro atoms. The highest BCUT2D eigenvalue weighted by molar-refractivity contribution is 5.80. The van der Waals surface area contributed by atoms with Gasteiger partial charge in [0.25, 0.3) is 0 Å². The van der Waals surface area contributed by atoms with Gasteiger partial charge in [-0.2, -0.15) is 0 Å². The molecule has 0 aromatic heterocycles. The van der Waals surface area contributed by atoms with Crippen molar-refractivity contribution in [2.24, 2.45) is 5.92 Å². The van der Waals surface area contributed by atoms with E-state index in [4.69, 9.17) is 0 Å². The van der Waals surface area contributed by atoms with Gasteiger partial charge in [-0.1, -0.05) is 6.42 Å². The van der Waals surface area contributed by atoms with Gasteiger partial charge in [0.1, 0.15) is 0 Å². The lowest BCUT2D eigenvalue weighted by molar-refractivity contribution is -0.145. The molecule has 74 valence electrons. The second kappa shape index (κ2) is 3.66. The van der Waals surface area contributed by atoms with Gasteiger partial charge in [-0.05, 0) is 26.3 Å². The molecule has 13 heavy (non-hydrogen) atoms. The van der Waals surface area contributed by atoms with Crippen molar-refractivity contribution in [2.75, 3.05) is 20.1 Å². The predicted molar refractivity (Wildman–Crippen MR) is 51.4 cm³/mol. The lowest BCUT2D eigenvalue weighted by atomic mass is 9.83. The fourth-order valence-electron chi connectivity index (χ4n) is 2.07. The number of hydrogen-bond donors (Lipinski definition) is 1. The van der Waals surface area contributed by atoms with Crippen molar-refractivity contribution in [2.45, 2.75) is 31.7 Å². The summed E-state index contributed by atoms with van der Waals surface area (Å²) < 4.78 is 0. The van der Waals surface area contributed by atoms with Crippen LogP contribution in [0.4, 0.5) is 0 Å². The highest BCUT2D eigenvalue weighted by Crippen LogP contribution is 2.31. The third-order valence-corrected chi connectivity index (χ3v) is 3.32. The first-order chi connectivity index (χ1) is 6.33. The number of rotatable bonds is 3. The maximum Gasteiger partial charge on any atom is 0.225 e. The Morgan fingerprint density at radius 1 is 1.46 bits per heavy atom. The fraction of sp³-hybridized carbons (Fsp3) is 0.900. The summed E-state index contributed by atoms with van der Waals surface area (Å²) in [4.78, 5) is 13.8. The lowest BCUT2D eigenvalue weighted by Gasteiger charge is -2.44. The van der Waals surface area contributed by atoms with Gasteiger partial charge in [-0.3, -0.25) is 4.79 Å². The fourth-order valence-corrected chi connectivity index (χ4v) is 2.07. The van der Waals surface area contributed by atoms with Crippen LogP contribution in [0.2, 0.25) is 0 Å². The summed E-state index contributed by atoms with van der Waals surface area (Å²) in [5, 5.41) is 3.14. The average Bonchev–Trinajstić information content (AvgIpc) is 1.94. The Balaban J connectivity index is 1.82. The molecule has 0 bridgehead atoms. The Kier molecular flexibility index (Phi) is 2.54. The molecular weight excluding hydrogens is 164 g/mol. The average molecular weight is 182 g/mol. The van der Waals surface area contributed by atoms with E-state index in [1.54, 1.807) is 0 Å². The number of hydrogen-bond acceptors (Lipinski definition) is 2. The van der Waals surface area contributed by atoms with Crippen LogP contribution in [-0.2, 0) is 4.79 Å². The van der Waals surface area contributed by atoms with Crippen molar-refractivity contribution in [1.82, 2.24) is 10.2 Å². The first-order valence-corrected chi connectivity index (χ1v) is 5.28. The molecule has 3 nitrogen and oxygen atoms in total. The maximum absolute atomic E-state index is 11.8. The van der Waals surface area contributed by atoms with Crippen molar-refractivity contribution < 1.29 is 4.79 Å². The van der Waals surface area contributed by atoms with Crippen LogP contribution in [0.1, 0.15) is 25.7 Å². The second-order valence-corrected chi connectivity index (χ2v) is 4.16. The quantitative estimate of drug-likeness (QED) is 0.693. The number of carbonyl (C=O) groups excluding carboxylic acids is 1. The van der Waals surface area contributed by atoms with Crippen molar-refractivity contribution in [3.05, 3.63) is 0 Å². The summed E-state index contributed by atoms with van der Waals surface area (Å²) in [5.74, 6) is 0.789. The number of carbonyl (C=O) groups is 1. The van der Waals surface area contributed by atoms with E-state index >= 15 is 0 Å². The maximum atomic E-state index is 11.8. The van der Waals surface area contributed by atoms with Crippen LogP contribution in [-0.4, -0.2) is 37.0 Å². The van der Waals surface area contributed by atoms with Crippen LogP contribution < -0.4 is 5.32 Å². The number of nitrogens with one attached hydrogen (secondary N) is 1. The smallest absolute Gasteiger partial charge is 0.225 e. The Morgan fingerprint density at radius 3 is 2.62 bits per heavy atom. The monoisotopic (exact) mass is 182 g/mol. The molecule has 0 aromatic carbocycles. The zero-order valence-electron chi connectivity index (χ0n) is 8.25. The van der Waals surface area contributed by atoms with Crippen LogP contribution in [0.15, 0.2) is 0 Å². The van der Waals surface area contributed by atoms with Gasteiger partial charge in [0.15, 0.2) is 0 Å². The van der Waals surface area contributed by atoms with Crippen molar-refractivity contribution in [3.63, 3.8) is 0 Å². The molecule has 2 aliphatic rings. The largest absolute Gasteiger partial charge is 0.338 e. The minimum absolute atomic E-state index is 0.375. The van der Waals surface area contributed by atoms with E-state index in [1.807, 2.05) is 7.05 Å². The summed E-state index contributed by atoms with van der Waals surface area (Å²) >= 11 is 0. The molecule has 1 saturated carbocycles. The third kappa shape index (κ3) is 1.57. The summed E-state index contributed by atoms with van der Waals surface area (Å²) in [6.45, 7) is 1.94. The molecule has 0 aromatic rings. The molecule has 0 radical (unpaired) electrons. The first kappa shape index (κ1) is 9.00. The molecule has 1 heterocycles. The summed E-state index contributed by atoms with van der Waals surface area (Å²) in [6, 6.07) is 0.484. The van der Waals surface area contributed by atoms with Crippen LogP contribution in [0.25, 0.3) is 0 Å². The molecule has 3 heteroatoms. The van der Waals surface area contributed by atoms with Crippen LogP contribution in [0.3, 0.4) is 0 Å². The summed E-state index contributed by atoms with van der Waals surface area (Å²) in [5.41, 5.74) is 0. The molecule has 1 atom stereocenters. The molecule has 2 rings (SSSR count). The van der Waals surface area contributed by atoms with Crippen LogP contribution in [0.5, 0.6) is 0 Å². The zero-order chi connectivity index (χ0) is 9.26. The Hall–Kier alpha value is -0.570.